The van der Waals surface area contributed by atoms with Crippen LogP contribution in [0.1, 0.15) is 33.1 Å². The Morgan fingerprint density at radius 3 is 2.57 bits per heavy atom. The highest BCUT2D eigenvalue weighted by atomic mass is 16.5. The van der Waals surface area contributed by atoms with E-state index < -0.39 is 6.04 Å². The molecule has 0 aromatic carbocycles. The third-order valence-electron chi connectivity index (χ3n) is 4.63. The lowest BCUT2D eigenvalue weighted by Gasteiger charge is -2.34. The first kappa shape index (κ1) is 16.2. The molecule has 1 heterocycles. The monoisotopic (exact) mass is 297 g/mol. The molecule has 4 unspecified atom stereocenters. The normalized spacial score (nSPS) is 31.6. The van der Waals surface area contributed by atoms with Gasteiger partial charge in [-0.2, -0.15) is 0 Å². The number of hydrogen-bond donors (Lipinski definition) is 2. The highest BCUT2D eigenvalue weighted by Gasteiger charge is 2.35. The van der Waals surface area contributed by atoms with Crippen molar-refractivity contribution < 1.29 is 14.3 Å². The third kappa shape index (κ3) is 3.95. The number of ether oxygens (including phenoxy) is 1. The molecular weight excluding hydrogens is 270 g/mol. The number of hydrogen-bond acceptors (Lipinski definition) is 4. The van der Waals surface area contributed by atoms with Crippen molar-refractivity contribution in [1.82, 2.24) is 10.2 Å². The Morgan fingerprint density at radius 2 is 1.95 bits per heavy atom. The second-order valence-electron chi connectivity index (χ2n) is 6.27. The van der Waals surface area contributed by atoms with Gasteiger partial charge in [0.1, 0.15) is 6.04 Å². The van der Waals surface area contributed by atoms with Gasteiger partial charge in [-0.1, -0.05) is 13.3 Å². The Kier molecular flexibility index (Phi) is 5.58. The van der Waals surface area contributed by atoms with E-state index in [0.717, 1.165) is 19.3 Å². The van der Waals surface area contributed by atoms with Gasteiger partial charge in [0, 0.05) is 19.1 Å². The van der Waals surface area contributed by atoms with Crippen molar-refractivity contribution in [3.05, 3.63) is 0 Å². The van der Waals surface area contributed by atoms with Gasteiger partial charge in [-0.25, -0.2) is 0 Å². The van der Waals surface area contributed by atoms with Crippen LogP contribution in [0.25, 0.3) is 0 Å². The van der Waals surface area contributed by atoms with Crippen LogP contribution in [0.15, 0.2) is 0 Å². The first-order chi connectivity index (χ1) is 10.0. The van der Waals surface area contributed by atoms with Gasteiger partial charge in [0.15, 0.2) is 0 Å². The quantitative estimate of drug-likeness (QED) is 0.774. The molecule has 0 radical (unpaired) electrons. The molecule has 3 N–H and O–H groups in total. The van der Waals surface area contributed by atoms with Crippen LogP contribution in [0.4, 0.5) is 0 Å². The van der Waals surface area contributed by atoms with Gasteiger partial charge < -0.3 is 20.7 Å². The number of amides is 2. The average molecular weight is 297 g/mol. The first-order valence-electron chi connectivity index (χ1n) is 7.93. The number of carbonyl (C=O) groups is 2. The van der Waals surface area contributed by atoms with Gasteiger partial charge >= 0.3 is 0 Å². The first-order valence-corrected chi connectivity index (χ1v) is 7.93. The summed E-state index contributed by atoms with van der Waals surface area (Å²) >= 11 is 0. The van der Waals surface area contributed by atoms with Crippen LogP contribution in [-0.2, 0) is 14.3 Å². The van der Waals surface area contributed by atoms with E-state index in [4.69, 9.17) is 10.5 Å². The largest absolute Gasteiger partial charge is 0.378 e. The maximum atomic E-state index is 12.4. The Balaban J connectivity index is 1.90. The lowest BCUT2D eigenvalue weighted by molar-refractivity contribution is -0.140. The summed E-state index contributed by atoms with van der Waals surface area (Å²) in [7, 11) is 0. The van der Waals surface area contributed by atoms with Crippen molar-refractivity contribution in [2.75, 3.05) is 26.3 Å². The molecule has 1 aliphatic carbocycles. The van der Waals surface area contributed by atoms with Gasteiger partial charge in [0.25, 0.3) is 0 Å². The molecule has 0 spiro atoms. The number of rotatable bonds is 3. The van der Waals surface area contributed by atoms with Gasteiger partial charge in [0.2, 0.25) is 11.8 Å². The molecule has 6 heteroatoms. The second-order valence-corrected chi connectivity index (χ2v) is 6.27. The molecular formula is C15H27N3O3. The maximum Gasteiger partial charge on any atom is 0.245 e. The predicted octanol–water partition coefficient (Wildman–Crippen LogP) is 0.113. The van der Waals surface area contributed by atoms with Crippen LogP contribution in [0, 0.1) is 11.8 Å². The number of nitrogens with two attached hydrogens (primary N) is 1. The van der Waals surface area contributed by atoms with E-state index in [1.165, 1.54) is 0 Å². The topological polar surface area (TPSA) is 84.7 Å². The molecule has 2 aliphatic rings. The summed E-state index contributed by atoms with van der Waals surface area (Å²) in [5.74, 6) is -0.0226. The van der Waals surface area contributed by atoms with E-state index in [1.807, 2.05) is 0 Å². The Labute approximate surface area is 126 Å². The van der Waals surface area contributed by atoms with Crippen molar-refractivity contribution in [2.45, 2.75) is 45.2 Å². The molecule has 1 saturated carbocycles. The Bertz CT molecular complexity index is 372. The summed E-state index contributed by atoms with van der Waals surface area (Å²) < 4.78 is 5.24. The van der Waals surface area contributed by atoms with Crippen molar-refractivity contribution in [3.8, 4) is 0 Å². The predicted molar refractivity (Wildman–Crippen MR) is 79.5 cm³/mol. The van der Waals surface area contributed by atoms with Gasteiger partial charge in [-0.3, -0.25) is 9.59 Å². The fourth-order valence-corrected chi connectivity index (χ4v) is 3.34. The molecule has 2 rings (SSSR count). The molecule has 4 atom stereocenters. The molecule has 0 aromatic rings. The van der Waals surface area contributed by atoms with Crippen molar-refractivity contribution in [3.63, 3.8) is 0 Å². The second kappa shape index (κ2) is 7.22. The molecule has 120 valence electrons. The number of morpholine rings is 1. The summed E-state index contributed by atoms with van der Waals surface area (Å²) in [6, 6.07) is -0.601. The summed E-state index contributed by atoms with van der Waals surface area (Å²) in [5.41, 5.74) is 6.09. The maximum absolute atomic E-state index is 12.4. The van der Waals surface area contributed by atoms with Crippen LogP contribution >= 0.6 is 0 Å². The Morgan fingerprint density at radius 1 is 1.29 bits per heavy atom. The zero-order valence-electron chi connectivity index (χ0n) is 13.0. The van der Waals surface area contributed by atoms with Crippen LogP contribution in [0.3, 0.4) is 0 Å². The molecule has 2 amide bonds. The van der Waals surface area contributed by atoms with E-state index in [1.54, 1.807) is 11.8 Å². The molecule has 0 aromatic heterocycles. The van der Waals surface area contributed by atoms with Crippen molar-refractivity contribution >= 4 is 11.8 Å². The minimum absolute atomic E-state index is 0.0383. The van der Waals surface area contributed by atoms with E-state index in [-0.39, 0.29) is 29.7 Å². The zero-order valence-corrected chi connectivity index (χ0v) is 13.0. The molecule has 1 aliphatic heterocycles. The standard InChI is InChI=1S/C15H27N3O3/c1-10-4-3-5-12(16)13(10)14(19)17-11(2)15(20)18-6-8-21-9-7-18/h10-13H,3-9,16H2,1-2H3,(H,17,19). The van der Waals surface area contributed by atoms with Crippen LogP contribution in [0.2, 0.25) is 0 Å². The lowest BCUT2D eigenvalue weighted by atomic mass is 9.76. The van der Waals surface area contributed by atoms with Gasteiger partial charge in [0.05, 0.1) is 19.1 Å². The highest BCUT2D eigenvalue weighted by Crippen LogP contribution is 2.29. The lowest BCUT2D eigenvalue weighted by Crippen LogP contribution is -2.54. The fraction of sp³-hybridized carbons (Fsp3) is 0.867. The summed E-state index contributed by atoms with van der Waals surface area (Å²) in [5, 5.41) is 2.86. The molecule has 21 heavy (non-hydrogen) atoms. The van der Waals surface area contributed by atoms with E-state index in [9.17, 15) is 9.59 Å². The minimum atomic E-state index is -0.503. The van der Waals surface area contributed by atoms with Gasteiger partial charge in [-0.15, -0.1) is 0 Å². The van der Waals surface area contributed by atoms with Crippen molar-refractivity contribution in [1.29, 1.82) is 0 Å². The number of carbonyl (C=O) groups excluding carboxylic acids is 2. The van der Waals surface area contributed by atoms with Crippen LogP contribution in [-0.4, -0.2) is 55.1 Å². The minimum Gasteiger partial charge on any atom is -0.378 e. The molecule has 1 saturated heterocycles. The van der Waals surface area contributed by atoms with Crippen molar-refractivity contribution in [2.24, 2.45) is 17.6 Å². The fourth-order valence-electron chi connectivity index (χ4n) is 3.34. The third-order valence-corrected chi connectivity index (χ3v) is 4.63. The SMILES string of the molecule is CC(NC(=O)C1C(C)CCCC1N)C(=O)N1CCOCC1. The molecule has 0 bridgehead atoms. The van der Waals surface area contributed by atoms with E-state index in [2.05, 4.69) is 12.2 Å². The number of nitrogens with zero attached hydrogens (tertiary/aromatic N) is 1. The highest BCUT2D eigenvalue weighted by molar-refractivity contribution is 5.88. The van der Waals surface area contributed by atoms with Gasteiger partial charge in [-0.05, 0) is 25.7 Å². The smallest absolute Gasteiger partial charge is 0.245 e. The Hall–Kier alpha value is -1.14. The van der Waals surface area contributed by atoms with Crippen LogP contribution in [0.5, 0.6) is 0 Å². The molecule has 6 nitrogen and oxygen atoms in total. The summed E-state index contributed by atoms with van der Waals surface area (Å²) in [6.45, 7) is 6.14. The van der Waals surface area contributed by atoms with E-state index in [0.29, 0.717) is 26.3 Å². The summed E-state index contributed by atoms with van der Waals surface area (Å²) in [6.07, 6.45) is 2.99. The van der Waals surface area contributed by atoms with Crippen LogP contribution < -0.4 is 11.1 Å². The van der Waals surface area contributed by atoms with E-state index >= 15 is 0 Å². The zero-order chi connectivity index (χ0) is 15.4. The molecule has 2 fully saturated rings. The summed E-state index contributed by atoms with van der Waals surface area (Å²) in [4.78, 5) is 26.5. The number of nitrogens with one attached hydrogen (secondary N) is 1. The average Bonchev–Trinajstić information content (AvgIpc) is 2.47.